The Balaban J connectivity index is 1.57. The molecule has 27 heavy (non-hydrogen) atoms. The van der Waals surface area contributed by atoms with Crippen molar-refractivity contribution in [2.45, 2.75) is 51.0 Å². The van der Waals surface area contributed by atoms with E-state index in [2.05, 4.69) is 5.32 Å². The molecule has 1 aliphatic carbocycles. The first kappa shape index (κ1) is 19.9. The fourth-order valence-corrected chi connectivity index (χ4v) is 5.80. The zero-order valence-corrected chi connectivity index (χ0v) is 16.3. The maximum absolute atomic E-state index is 12.9. The number of amides is 1. The summed E-state index contributed by atoms with van der Waals surface area (Å²) in [7, 11) is -3.06. The molecule has 1 saturated carbocycles. The van der Waals surface area contributed by atoms with Crippen LogP contribution < -0.4 is 5.32 Å². The van der Waals surface area contributed by atoms with Gasteiger partial charge in [0.25, 0.3) is 5.91 Å². The highest BCUT2D eigenvalue weighted by Gasteiger charge is 2.41. The monoisotopic (exact) mass is 393 g/mol. The molecular weight excluding hydrogens is 366 g/mol. The van der Waals surface area contributed by atoms with Crippen LogP contribution in [0, 0.1) is 5.41 Å². The van der Waals surface area contributed by atoms with Gasteiger partial charge in [-0.05, 0) is 31.2 Å². The minimum absolute atomic E-state index is 0.0371. The Bertz CT molecular complexity index is 769. The predicted octanol–water partition coefficient (Wildman–Crippen LogP) is 2.03. The number of nitrogens with one attached hydrogen (secondary N) is 1. The largest absolute Gasteiger partial charge is 0.455 e. The molecule has 1 aromatic carbocycles. The third-order valence-corrected chi connectivity index (χ3v) is 7.33. The molecule has 1 aliphatic heterocycles. The maximum Gasteiger partial charge on any atom is 0.312 e. The topological polar surface area (TPSA) is 89.5 Å². The van der Waals surface area contributed by atoms with Crippen LogP contribution in [-0.2, 0) is 30.6 Å². The Hall–Kier alpha value is -1.89. The highest BCUT2D eigenvalue weighted by molar-refractivity contribution is 7.91. The van der Waals surface area contributed by atoms with Gasteiger partial charge < -0.3 is 10.1 Å². The van der Waals surface area contributed by atoms with Crippen LogP contribution in [0.3, 0.4) is 0 Å². The van der Waals surface area contributed by atoms with E-state index in [9.17, 15) is 18.0 Å². The lowest BCUT2D eigenvalue weighted by Gasteiger charge is -2.35. The Morgan fingerprint density at radius 1 is 1.11 bits per heavy atom. The maximum atomic E-state index is 12.9. The SMILES string of the molecule is O=C(COC(=O)C1(Cc2ccccc2)CCCCC1)NC1CCS(=O)(=O)C1. The molecule has 1 heterocycles. The molecule has 3 rings (SSSR count). The predicted molar refractivity (Wildman–Crippen MR) is 102 cm³/mol. The van der Waals surface area contributed by atoms with E-state index in [1.165, 1.54) is 0 Å². The molecule has 148 valence electrons. The third kappa shape index (κ3) is 5.31. The smallest absolute Gasteiger partial charge is 0.312 e. The van der Waals surface area contributed by atoms with Crippen LogP contribution in [0.25, 0.3) is 0 Å². The first-order valence-corrected chi connectivity index (χ1v) is 11.4. The Morgan fingerprint density at radius 3 is 2.44 bits per heavy atom. The zero-order chi connectivity index (χ0) is 19.3. The number of esters is 1. The molecule has 2 fully saturated rings. The van der Waals surface area contributed by atoms with Crippen LogP contribution in [0.15, 0.2) is 30.3 Å². The zero-order valence-electron chi connectivity index (χ0n) is 15.5. The number of hydrogen-bond acceptors (Lipinski definition) is 5. The second kappa shape index (κ2) is 8.42. The number of rotatable bonds is 6. The van der Waals surface area contributed by atoms with Gasteiger partial charge in [-0.15, -0.1) is 0 Å². The molecule has 1 atom stereocenters. The first-order chi connectivity index (χ1) is 12.9. The Kier molecular flexibility index (Phi) is 6.19. The van der Waals surface area contributed by atoms with Gasteiger partial charge in [0.2, 0.25) is 0 Å². The number of ether oxygens (including phenoxy) is 1. The van der Waals surface area contributed by atoms with Gasteiger partial charge in [-0.1, -0.05) is 49.6 Å². The van der Waals surface area contributed by atoms with Crippen molar-refractivity contribution in [3.05, 3.63) is 35.9 Å². The number of carbonyl (C=O) groups is 2. The van der Waals surface area contributed by atoms with E-state index in [0.29, 0.717) is 12.8 Å². The van der Waals surface area contributed by atoms with Crippen LogP contribution in [0.1, 0.15) is 44.1 Å². The third-order valence-electron chi connectivity index (χ3n) is 5.56. The summed E-state index contributed by atoms with van der Waals surface area (Å²) in [5.74, 6) is -0.695. The molecule has 1 N–H and O–H groups in total. The minimum atomic E-state index is -3.06. The summed E-state index contributed by atoms with van der Waals surface area (Å²) in [6, 6.07) is 9.51. The lowest BCUT2D eigenvalue weighted by Crippen LogP contribution is -2.41. The fourth-order valence-electron chi connectivity index (χ4n) is 4.13. The first-order valence-electron chi connectivity index (χ1n) is 9.60. The summed E-state index contributed by atoms with van der Waals surface area (Å²) in [4.78, 5) is 24.9. The van der Waals surface area contributed by atoms with Crippen molar-refractivity contribution in [2.24, 2.45) is 5.41 Å². The molecule has 0 radical (unpaired) electrons. The molecule has 1 aromatic rings. The summed E-state index contributed by atoms with van der Waals surface area (Å²) >= 11 is 0. The summed E-state index contributed by atoms with van der Waals surface area (Å²) in [5.41, 5.74) is 0.522. The summed E-state index contributed by atoms with van der Waals surface area (Å²) in [6.45, 7) is -0.355. The van der Waals surface area contributed by atoms with Crippen molar-refractivity contribution in [1.82, 2.24) is 5.32 Å². The van der Waals surface area contributed by atoms with E-state index in [-0.39, 0.29) is 30.1 Å². The molecule has 0 aromatic heterocycles. The number of carbonyl (C=O) groups excluding carboxylic acids is 2. The Labute approximate surface area is 160 Å². The summed E-state index contributed by atoms with van der Waals surface area (Å²) in [6.07, 6.45) is 5.64. The molecule has 2 aliphatic rings. The van der Waals surface area contributed by atoms with Crippen LogP contribution in [0.5, 0.6) is 0 Å². The molecule has 6 nitrogen and oxygen atoms in total. The van der Waals surface area contributed by atoms with Crippen LogP contribution in [0.2, 0.25) is 0 Å². The average molecular weight is 394 g/mol. The van der Waals surface area contributed by atoms with E-state index in [0.717, 1.165) is 37.7 Å². The van der Waals surface area contributed by atoms with Gasteiger partial charge in [0.05, 0.1) is 16.9 Å². The molecule has 1 amide bonds. The van der Waals surface area contributed by atoms with Gasteiger partial charge in [0.1, 0.15) is 0 Å². The average Bonchev–Trinajstić information content (AvgIpc) is 2.99. The quantitative estimate of drug-likeness (QED) is 0.747. The molecular formula is C20H27NO5S. The lowest BCUT2D eigenvalue weighted by molar-refractivity contribution is -0.161. The molecule has 7 heteroatoms. The van der Waals surface area contributed by atoms with Gasteiger partial charge in [-0.3, -0.25) is 9.59 Å². The van der Waals surface area contributed by atoms with Crippen molar-refractivity contribution in [1.29, 1.82) is 0 Å². The van der Waals surface area contributed by atoms with Gasteiger partial charge >= 0.3 is 5.97 Å². The standard InChI is InChI=1S/C20H27NO5S/c22-18(21-17-9-12-27(24,25)15-17)14-26-19(23)20(10-5-2-6-11-20)13-16-7-3-1-4-8-16/h1,3-4,7-8,17H,2,5-6,9-15H2,(H,21,22). The number of benzene rings is 1. The highest BCUT2D eigenvalue weighted by atomic mass is 32.2. The van der Waals surface area contributed by atoms with Crippen molar-refractivity contribution in [3.8, 4) is 0 Å². The highest BCUT2D eigenvalue weighted by Crippen LogP contribution is 2.40. The molecule has 1 unspecified atom stereocenters. The van der Waals surface area contributed by atoms with Gasteiger partial charge in [0.15, 0.2) is 16.4 Å². The Morgan fingerprint density at radius 2 is 1.81 bits per heavy atom. The van der Waals surface area contributed by atoms with Crippen LogP contribution in [0.4, 0.5) is 0 Å². The number of sulfone groups is 1. The van der Waals surface area contributed by atoms with Gasteiger partial charge in [-0.2, -0.15) is 0 Å². The minimum Gasteiger partial charge on any atom is -0.455 e. The van der Waals surface area contributed by atoms with E-state index >= 15 is 0 Å². The number of hydrogen-bond donors (Lipinski definition) is 1. The molecule has 0 bridgehead atoms. The van der Waals surface area contributed by atoms with Crippen molar-refractivity contribution in [2.75, 3.05) is 18.1 Å². The van der Waals surface area contributed by atoms with Crippen molar-refractivity contribution < 1.29 is 22.7 Å². The van der Waals surface area contributed by atoms with Crippen LogP contribution in [-0.4, -0.2) is 44.4 Å². The van der Waals surface area contributed by atoms with Crippen LogP contribution >= 0.6 is 0 Å². The van der Waals surface area contributed by atoms with E-state index in [1.807, 2.05) is 30.3 Å². The van der Waals surface area contributed by atoms with Gasteiger partial charge in [-0.25, -0.2) is 8.42 Å². The second-order valence-electron chi connectivity index (χ2n) is 7.75. The van der Waals surface area contributed by atoms with Crippen molar-refractivity contribution >= 4 is 21.7 Å². The lowest BCUT2D eigenvalue weighted by atomic mass is 9.70. The normalized spacial score (nSPS) is 23.5. The van der Waals surface area contributed by atoms with E-state index < -0.39 is 21.2 Å². The molecule has 1 saturated heterocycles. The van der Waals surface area contributed by atoms with E-state index in [1.54, 1.807) is 0 Å². The second-order valence-corrected chi connectivity index (χ2v) is 9.98. The summed E-state index contributed by atoms with van der Waals surface area (Å²) in [5, 5.41) is 2.66. The molecule has 0 spiro atoms. The van der Waals surface area contributed by atoms with Gasteiger partial charge in [0, 0.05) is 6.04 Å². The van der Waals surface area contributed by atoms with Crippen molar-refractivity contribution in [3.63, 3.8) is 0 Å². The fraction of sp³-hybridized carbons (Fsp3) is 0.600. The van der Waals surface area contributed by atoms with E-state index in [4.69, 9.17) is 4.74 Å². The summed E-state index contributed by atoms with van der Waals surface area (Å²) < 4.78 is 28.3.